The molecule has 1 aliphatic carbocycles. The summed E-state index contributed by atoms with van der Waals surface area (Å²) in [5.74, 6) is -0.846. The number of aliphatic carboxylic acids is 1. The lowest BCUT2D eigenvalue weighted by Gasteiger charge is -2.19. The number of carbonyl (C=O) groups is 1. The van der Waals surface area contributed by atoms with Gasteiger partial charge in [0.25, 0.3) is 0 Å². The van der Waals surface area contributed by atoms with Crippen molar-refractivity contribution in [2.24, 2.45) is 0 Å². The van der Waals surface area contributed by atoms with E-state index >= 15 is 0 Å². The lowest BCUT2D eigenvalue weighted by molar-refractivity contribution is -0.140. The summed E-state index contributed by atoms with van der Waals surface area (Å²) in [6.07, 6.45) is 2.33. The van der Waals surface area contributed by atoms with Gasteiger partial charge < -0.3 is 5.11 Å². The first-order chi connectivity index (χ1) is 8.27. The van der Waals surface area contributed by atoms with Crippen LogP contribution in [0.2, 0.25) is 0 Å². The third-order valence-electron chi connectivity index (χ3n) is 3.42. The van der Waals surface area contributed by atoms with Crippen molar-refractivity contribution >= 4 is 21.7 Å². The Morgan fingerprint density at radius 3 is 2.44 bits per heavy atom. The number of hydrogen-bond acceptors (Lipinski definition) is 3. The van der Waals surface area contributed by atoms with Crippen molar-refractivity contribution in [1.29, 1.82) is 0 Å². The van der Waals surface area contributed by atoms with Crippen LogP contribution in [-0.2, 0) is 20.2 Å². The molecule has 0 unspecified atom stereocenters. The highest BCUT2D eigenvalue weighted by molar-refractivity contribution is 7.92. The van der Waals surface area contributed by atoms with Gasteiger partial charge in [-0.25, -0.2) is 8.42 Å². The number of sulfonamides is 1. The SMILES string of the molecule is CN(c1cccc(C2(C(=O)O)CC2)c1)S(C)(=O)=O. The topological polar surface area (TPSA) is 74.7 Å². The standard InChI is InChI=1S/C12H15NO4S/c1-13(18(2,16)17)10-5-3-4-9(8-10)12(6-7-12)11(14)15/h3-5,8H,6-7H2,1-2H3,(H,14,15). The molecule has 1 saturated carbocycles. The van der Waals surface area contributed by atoms with Gasteiger partial charge in [-0.15, -0.1) is 0 Å². The third-order valence-corrected chi connectivity index (χ3v) is 4.62. The van der Waals surface area contributed by atoms with Crippen LogP contribution in [0.15, 0.2) is 24.3 Å². The third kappa shape index (κ3) is 2.08. The molecule has 0 heterocycles. The van der Waals surface area contributed by atoms with Crippen molar-refractivity contribution in [3.63, 3.8) is 0 Å². The van der Waals surface area contributed by atoms with Crippen LogP contribution in [0.25, 0.3) is 0 Å². The number of hydrogen-bond donors (Lipinski definition) is 1. The van der Waals surface area contributed by atoms with Gasteiger partial charge in [-0.05, 0) is 30.5 Å². The molecule has 0 atom stereocenters. The average Bonchev–Trinajstić information content (AvgIpc) is 3.08. The van der Waals surface area contributed by atoms with Crippen LogP contribution in [0.1, 0.15) is 18.4 Å². The molecule has 5 nitrogen and oxygen atoms in total. The van der Waals surface area contributed by atoms with E-state index in [-0.39, 0.29) is 0 Å². The summed E-state index contributed by atoms with van der Waals surface area (Å²) in [7, 11) is -1.88. The fourth-order valence-corrected chi connectivity index (χ4v) is 2.44. The van der Waals surface area contributed by atoms with E-state index in [1.54, 1.807) is 24.3 Å². The Bertz CT molecular complexity index is 590. The van der Waals surface area contributed by atoms with Crippen LogP contribution in [0.4, 0.5) is 5.69 Å². The Morgan fingerprint density at radius 1 is 1.39 bits per heavy atom. The Morgan fingerprint density at radius 2 is 2.00 bits per heavy atom. The molecule has 0 radical (unpaired) electrons. The van der Waals surface area contributed by atoms with E-state index in [1.807, 2.05) is 0 Å². The van der Waals surface area contributed by atoms with Crippen molar-refractivity contribution in [2.45, 2.75) is 18.3 Å². The maximum Gasteiger partial charge on any atom is 0.314 e. The van der Waals surface area contributed by atoms with Crippen molar-refractivity contribution in [3.05, 3.63) is 29.8 Å². The summed E-state index contributed by atoms with van der Waals surface area (Å²) in [5.41, 5.74) is 0.347. The smallest absolute Gasteiger partial charge is 0.314 e. The molecule has 2 rings (SSSR count). The zero-order valence-electron chi connectivity index (χ0n) is 10.3. The summed E-state index contributed by atoms with van der Waals surface area (Å²) < 4.78 is 24.1. The molecule has 0 amide bonds. The monoisotopic (exact) mass is 269 g/mol. The lowest BCUT2D eigenvalue weighted by atomic mass is 9.96. The van der Waals surface area contributed by atoms with Crippen LogP contribution in [-0.4, -0.2) is 32.8 Å². The maximum atomic E-state index is 11.5. The minimum absolute atomic E-state index is 0.488. The van der Waals surface area contributed by atoms with E-state index in [9.17, 15) is 18.3 Å². The number of nitrogens with zero attached hydrogens (tertiary/aromatic N) is 1. The molecule has 18 heavy (non-hydrogen) atoms. The number of carboxylic acid groups (broad SMARTS) is 1. The number of carboxylic acids is 1. The van der Waals surface area contributed by atoms with E-state index in [2.05, 4.69) is 0 Å². The molecule has 0 spiro atoms. The van der Waals surface area contributed by atoms with E-state index < -0.39 is 21.4 Å². The number of benzene rings is 1. The number of anilines is 1. The van der Waals surface area contributed by atoms with Gasteiger partial charge in [0.05, 0.1) is 17.4 Å². The second-order valence-electron chi connectivity index (χ2n) is 4.67. The Kier molecular flexibility index (Phi) is 2.85. The van der Waals surface area contributed by atoms with Gasteiger partial charge in [0, 0.05) is 7.05 Å². The quantitative estimate of drug-likeness (QED) is 0.891. The Labute approximate surface area is 106 Å². The minimum Gasteiger partial charge on any atom is -0.481 e. The molecule has 1 aromatic rings. The van der Waals surface area contributed by atoms with Crippen LogP contribution in [0.5, 0.6) is 0 Å². The first-order valence-electron chi connectivity index (χ1n) is 5.55. The molecule has 1 N–H and O–H groups in total. The molecule has 0 aliphatic heterocycles. The van der Waals surface area contributed by atoms with Crippen molar-refractivity contribution in [3.8, 4) is 0 Å². The van der Waals surface area contributed by atoms with Gasteiger partial charge in [-0.1, -0.05) is 12.1 Å². The van der Waals surface area contributed by atoms with Gasteiger partial charge in [0.2, 0.25) is 10.0 Å². The summed E-state index contributed by atoms with van der Waals surface area (Å²) in [5, 5.41) is 9.21. The molecule has 1 aromatic carbocycles. The molecular formula is C12H15NO4S. The zero-order valence-corrected chi connectivity index (χ0v) is 11.1. The molecule has 0 bridgehead atoms. The molecule has 0 aromatic heterocycles. The van der Waals surface area contributed by atoms with Crippen molar-refractivity contribution in [2.75, 3.05) is 17.6 Å². The predicted molar refractivity (Wildman–Crippen MR) is 68.2 cm³/mol. The first-order valence-corrected chi connectivity index (χ1v) is 7.40. The molecule has 1 fully saturated rings. The summed E-state index contributed by atoms with van der Waals surface area (Å²) in [6, 6.07) is 6.72. The average molecular weight is 269 g/mol. The fraction of sp³-hybridized carbons (Fsp3) is 0.417. The van der Waals surface area contributed by atoms with E-state index in [0.717, 1.165) is 10.6 Å². The highest BCUT2D eigenvalue weighted by Crippen LogP contribution is 2.49. The predicted octanol–water partition coefficient (Wildman–Crippen LogP) is 1.20. The summed E-state index contributed by atoms with van der Waals surface area (Å²) >= 11 is 0. The van der Waals surface area contributed by atoms with Crippen LogP contribution >= 0.6 is 0 Å². The molecule has 1 aliphatic rings. The van der Waals surface area contributed by atoms with E-state index in [0.29, 0.717) is 24.1 Å². The highest BCUT2D eigenvalue weighted by Gasteiger charge is 2.51. The second-order valence-corrected chi connectivity index (χ2v) is 6.68. The van der Waals surface area contributed by atoms with E-state index in [1.165, 1.54) is 7.05 Å². The van der Waals surface area contributed by atoms with Crippen LogP contribution < -0.4 is 4.31 Å². The summed E-state index contributed by atoms with van der Waals surface area (Å²) in [6.45, 7) is 0. The van der Waals surface area contributed by atoms with Gasteiger partial charge in [0.15, 0.2) is 0 Å². The lowest BCUT2D eigenvalue weighted by Crippen LogP contribution is -2.26. The Hall–Kier alpha value is -1.56. The second kappa shape index (κ2) is 3.98. The summed E-state index contributed by atoms with van der Waals surface area (Å²) in [4.78, 5) is 11.2. The zero-order chi connectivity index (χ0) is 13.6. The van der Waals surface area contributed by atoms with Gasteiger partial charge in [-0.2, -0.15) is 0 Å². The van der Waals surface area contributed by atoms with Crippen LogP contribution in [0.3, 0.4) is 0 Å². The van der Waals surface area contributed by atoms with Crippen LogP contribution in [0, 0.1) is 0 Å². The van der Waals surface area contributed by atoms with Gasteiger partial charge in [-0.3, -0.25) is 9.10 Å². The Balaban J connectivity index is 2.41. The molecule has 98 valence electrons. The molecule has 0 saturated heterocycles. The normalized spacial score (nSPS) is 17.2. The minimum atomic E-state index is -3.33. The van der Waals surface area contributed by atoms with Gasteiger partial charge in [0.1, 0.15) is 0 Å². The largest absolute Gasteiger partial charge is 0.481 e. The first kappa shape index (κ1) is 12.9. The van der Waals surface area contributed by atoms with Crippen molar-refractivity contribution < 1.29 is 18.3 Å². The molecule has 6 heteroatoms. The molecular weight excluding hydrogens is 254 g/mol. The van der Waals surface area contributed by atoms with Gasteiger partial charge >= 0.3 is 5.97 Å². The maximum absolute atomic E-state index is 11.5. The van der Waals surface area contributed by atoms with E-state index in [4.69, 9.17) is 0 Å². The van der Waals surface area contributed by atoms with Crippen molar-refractivity contribution in [1.82, 2.24) is 0 Å². The number of rotatable bonds is 4. The highest BCUT2D eigenvalue weighted by atomic mass is 32.2. The fourth-order valence-electron chi connectivity index (χ4n) is 1.94.